The third-order valence-corrected chi connectivity index (χ3v) is 5.77. The van der Waals surface area contributed by atoms with E-state index in [0.29, 0.717) is 17.6 Å². The van der Waals surface area contributed by atoms with Gasteiger partial charge < -0.3 is 0 Å². The van der Waals surface area contributed by atoms with E-state index in [1.165, 1.54) is 0 Å². The van der Waals surface area contributed by atoms with E-state index in [-0.39, 0.29) is 0 Å². The van der Waals surface area contributed by atoms with Crippen LogP contribution in [0.2, 0.25) is 0 Å². The highest BCUT2D eigenvalue weighted by Crippen LogP contribution is 2.32. The maximum Gasteiger partial charge on any atom is 0.214 e. The molecule has 0 spiro atoms. The summed E-state index contributed by atoms with van der Waals surface area (Å²) in [6, 6.07) is 0. The van der Waals surface area contributed by atoms with E-state index in [1.807, 2.05) is 0 Å². The van der Waals surface area contributed by atoms with Gasteiger partial charge in [0.1, 0.15) is 0 Å². The summed E-state index contributed by atoms with van der Waals surface area (Å²) in [5, 5.41) is 0.980. The molecule has 2 fully saturated rings. The van der Waals surface area contributed by atoms with Crippen LogP contribution in [0.15, 0.2) is 0 Å². The second kappa shape index (κ2) is 4.72. The predicted molar refractivity (Wildman–Crippen MR) is 64.6 cm³/mol. The van der Waals surface area contributed by atoms with Gasteiger partial charge in [-0.05, 0) is 37.5 Å². The Bertz CT molecular complexity index is 313. The molecule has 2 rings (SSSR count). The zero-order chi connectivity index (χ0) is 10.9. The molecule has 2 aliphatic rings. The highest BCUT2D eigenvalue weighted by molar-refractivity contribution is 9.09. The summed E-state index contributed by atoms with van der Waals surface area (Å²) in [5.74, 6) is 1.43. The number of hydrogen-bond acceptors (Lipinski definition) is 2. The molecule has 3 nitrogen and oxygen atoms in total. The molecule has 1 saturated heterocycles. The van der Waals surface area contributed by atoms with Crippen molar-refractivity contribution in [3.05, 3.63) is 0 Å². The lowest BCUT2D eigenvalue weighted by Crippen LogP contribution is -2.31. The van der Waals surface area contributed by atoms with Crippen LogP contribution in [0.3, 0.4) is 0 Å². The molecule has 1 saturated carbocycles. The van der Waals surface area contributed by atoms with Crippen LogP contribution < -0.4 is 0 Å². The molecule has 1 aliphatic heterocycles. The zero-order valence-electron chi connectivity index (χ0n) is 8.86. The Hall–Kier alpha value is 0.390. The van der Waals surface area contributed by atoms with Crippen molar-refractivity contribution in [2.75, 3.05) is 24.2 Å². The molecule has 1 unspecified atom stereocenters. The molecule has 1 heterocycles. The standard InChI is InChI=1S/C10H18BrNO2S/c11-5-3-9-4-6-12(7-9)15(13,14)8-10-1-2-10/h9-10H,1-8H2. The molecule has 0 bridgehead atoms. The van der Waals surface area contributed by atoms with E-state index in [1.54, 1.807) is 4.31 Å². The monoisotopic (exact) mass is 295 g/mol. The van der Waals surface area contributed by atoms with Gasteiger partial charge in [0, 0.05) is 18.4 Å². The first-order valence-electron chi connectivity index (χ1n) is 5.65. The normalized spacial score (nSPS) is 28.5. The first-order valence-corrected chi connectivity index (χ1v) is 8.38. The van der Waals surface area contributed by atoms with Crippen molar-refractivity contribution in [3.8, 4) is 0 Å². The second-order valence-corrected chi connectivity index (χ2v) is 7.52. The molecule has 88 valence electrons. The predicted octanol–water partition coefficient (Wildman–Crippen LogP) is 1.83. The van der Waals surface area contributed by atoms with Crippen LogP contribution in [-0.4, -0.2) is 36.9 Å². The van der Waals surface area contributed by atoms with E-state index >= 15 is 0 Å². The summed E-state index contributed by atoms with van der Waals surface area (Å²) >= 11 is 3.41. The number of sulfonamides is 1. The van der Waals surface area contributed by atoms with E-state index in [4.69, 9.17) is 0 Å². The Morgan fingerprint density at radius 1 is 1.20 bits per heavy atom. The lowest BCUT2D eigenvalue weighted by molar-refractivity contribution is 0.452. The number of rotatable bonds is 5. The van der Waals surface area contributed by atoms with Crippen LogP contribution in [0.5, 0.6) is 0 Å². The molecule has 15 heavy (non-hydrogen) atoms. The minimum Gasteiger partial charge on any atom is -0.212 e. The van der Waals surface area contributed by atoms with Crippen molar-refractivity contribution in [2.24, 2.45) is 11.8 Å². The molecule has 0 aromatic rings. The van der Waals surface area contributed by atoms with Gasteiger partial charge in [0.2, 0.25) is 10.0 Å². The lowest BCUT2D eigenvalue weighted by Gasteiger charge is -2.16. The fraction of sp³-hybridized carbons (Fsp3) is 1.00. The molecule has 0 N–H and O–H groups in total. The van der Waals surface area contributed by atoms with Gasteiger partial charge in [-0.3, -0.25) is 0 Å². The summed E-state index contributed by atoms with van der Waals surface area (Å²) in [6.07, 6.45) is 4.35. The number of halogens is 1. The highest BCUT2D eigenvalue weighted by Gasteiger charge is 2.35. The quantitative estimate of drug-likeness (QED) is 0.726. The van der Waals surface area contributed by atoms with E-state index in [9.17, 15) is 8.42 Å². The summed E-state index contributed by atoms with van der Waals surface area (Å²) in [7, 11) is -2.93. The topological polar surface area (TPSA) is 37.4 Å². The van der Waals surface area contributed by atoms with Crippen molar-refractivity contribution < 1.29 is 8.42 Å². The largest absolute Gasteiger partial charge is 0.214 e. The molecular weight excluding hydrogens is 278 g/mol. The third kappa shape index (κ3) is 3.17. The summed E-state index contributed by atoms with van der Waals surface area (Å²) < 4.78 is 25.6. The highest BCUT2D eigenvalue weighted by atomic mass is 79.9. The van der Waals surface area contributed by atoms with Gasteiger partial charge in [-0.25, -0.2) is 12.7 Å². The Morgan fingerprint density at radius 3 is 2.53 bits per heavy atom. The molecule has 0 aromatic carbocycles. The molecular formula is C10H18BrNO2S. The van der Waals surface area contributed by atoms with Gasteiger partial charge in [0.25, 0.3) is 0 Å². The maximum absolute atomic E-state index is 11.9. The van der Waals surface area contributed by atoms with Crippen molar-refractivity contribution in [1.82, 2.24) is 4.31 Å². The molecule has 5 heteroatoms. The summed E-state index contributed by atoms with van der Waals surface area (Å²) in [6.45, 7) is 1.49. The minimum atomic E-state index is -2.93. The van der Waals surface area contributed by atoms with Crippen molar-refractivity contribution in [1.29, 1.82) is 0 Å². The van der Waals surface area contributed by atoms with Crippen LogP contribution in [0, 0.1) is 11.8 Å². The molecule has 0 amide bonds. The first kappa shape index (κ1) is 11.9. The van der Waals surface area contributed by atoms with Crippen LogP contribution >= 0.6 is 15.9 Å². The summed E-state index contributed by atoms with van der Waals surface area (Å²) in [5.41, 5.74) is 0. The Kier molecular flexibility index (Phi) is 3.73. The van der Waals surface area contributed by atoms with Crippen LogP contribution in [0.4, 0.5) is 0 Å². The second-order valence-electron chi connectivity index (χ2n) is 4.71. The smallest absolute Gasteiger partial charge is 0.212 e. The van der Waals surface area contributed by atoms with Gasteiger partial charge in [0.15, 0.2) is 0 Å². The van der Waals surface area contributed by atoms with Crippen LogP contribution in [-0.2, 0) is 10.0 Å². The van der Waals surface area contributed by atoms with Crippen LogP contribution in [0.25, 0.3) is 0 Å². The fourth-order valence-electron chi connectivity index (χ4n) is 2.13. The zero-order valence-corrected chi connectivity index (χ0v) is 11.3. The van der Waals surface area contributed by atoms with Crippen molar-refractivity contribution >= 4 is 26.0 Å². The molecule has 0 aromatic heterocycles. The SMILES string of the molecule is O=S(=O)(CC1CC1)N1CCC(CCBr)C1. The number of hydrogen-bond donors (Lipinski definition) is 0. The van der Waals surface area contributed by atoms with Gasteiger partial charge in [-0.2, -0.15) is 0 Å². The number of nitrogens with zero attached hydrogens (tertiary/aromatic N) is 1. The van der Waals surface area contributed by atoms with Crippen molar-refractivity contribution in [2.45, 2.75) is 25.7 Å². The van der Waals surface area contributed by atoms with Crippen molar-refractivity contribution in [3.63, 3.8) is 0 Å². The lowest BCUT2D eigenvalue weighted by atomic mass is 10.1. The molecule has 0 radical (unpaired) electrons. The minimum absolute atomic E-state index is 0.397. The van der Waals surface area contributed by atoms with E-state index in [2.05, 4.69) is 15.9 Å². The van der Waals surface area contributed by atoms with E-state index < -0.39 is 10.0 Å². The third-order valence-electron chi connectivity index (χ3n) is 3.30. The van der Waals surface area contributed by atoms with Gasteiger partial charge in [0.05, 0.1) is 5.75 Å². The molecule has 1 aliphatic carbocycles. The fourth-order valence-corrected chi connectivity index (χ4v) is 4.74. The van der Waals surface area contributed by atoms with Crippen LogP contribution in [0.1, 0.15) is 25.7 Å². The maximum atomic E-state index is 11.9. The number of alkyl halides is 1. The average Bonchev–Trinajstić information content (AvgIpc) is 2.82. The average molecular weight is 296 g/mol. The molecule has 1 atom stereocenters. The Balaban J connectivity index is 1.88. The van der Waals surface area contributed by atoms with Gasteiger partial charge in [-0.15, -0.1) is 0 Å². The Labute approximate surface area is 100 Å². The summed E-state index contributed by atoms with van der Waals surface area (Å²) in [4.78, 5) is 0. The first-order chi connectivity index (χ1) is 7.12. The van der Waals surface area contributed by atoms with Gasteiger partial charge in [-0.1, -0.05) is 15.9 Å². The van der Waals surface area contributed by atoms with E-state index in [0.717, 1.165) is 44.1 Å². The Morgan fingerprint density at radius 2 is 1.93 bits per heavy atom. The van der Waals surface area contributed by atoms with Gasteiger partial charge >= 0.3 is 0 Å².